The minimum absolute atomic E-state index is 0.00655. The molecule has 0 saturated carbocycles. The van der Waals surface area contributed by atoms with Gasteiger partial charge in [0.15, 0.2) is 0 Å². The van der Waals surface area contributed by atoms with E-state index in [2.05, 4.69) is 21.0 Å². The molecule has 0 unspecified atom stereocenters. The van der Waals surface area contributed by atoms with Crippen molar-refractivity contribution in [1.29, 1.82) is 0 Å². The van der Waals surface area contributed by atoms with Gasteiger partial charge >= 0.3 is 11.6 Å². The van der Waals surface area contributed by atoms with E-state index in [1.165, 1.54) is 10.9 Å². The summed E-state index contributed by atoms with van der Waals surface area (Å²) >= 11 is 3.34. The number of ether oxygens (including phenoxy) is 1. The summed E-state index contributed by atoms with van der Waals surface area (Å²) in [5.41, 5.74) is 0.712. The molecule has 6 nitrogen and oxygen atoms in total. The first-order chi connectivity index (χ1) is 8.47. The number of nitrogens with zero attached hydrogens (tertiary/aromatic N) is 3. The highest BCUT2D eigenvalue weighted by Crippen LogP contribution is 2.32. The molecule has 2 rings (SSSR count). The molecule has 0 radical (unpaired) electrons. The summed E-state index contributed by atoms with van der Waals surface area (Å²) in [6.07, 6.45) is 1.31. The number of hydrogen-bond acceptors (Lipinski definition) is 4. The lowest BCUT2D eigenvalue weighted by Crippen LogP contribution is -1.93. The van der Waals surface area contributed by atoms with Crippen molar-refractivity contribution in [2.75, 3.05) is 0 Å². The molecule has 0 fully saturated rings. The number of halogens is 1. The molecule has 1 aromatic carbocycles. The molecular formula is C11H10BrN3O3. The average molecular weight is 312 g/mol. The molecule has 18 heavy (non-hydrogen) atoms. The Morgan fingerprint density at radius 1 is 1.50 bits per heavy atom. The molecule has 0 bridgehead atoms. The van der Waals surface area contributed by atoms with Gasteiger partial charge < -0.3 is 4.74 Å². The third-order valence-corrected chi connectivity index (χ3v) is 2.81. The Hall–Kier alpha value is -1.89. The van der Waals surface area contributed by atoms with Crippen LogP contribution < -0.4 is 4.74 Å². The summed E-state index contributed by atoms with van der Waals surface area (Å²) in [6, 6.07) is 5.40. The Bertz CT molecular complexity index is 610. The summed E-state index contributed by atoms with van der Waals surface area (Å²) in [5, 5.41) is 14.8. The zero-order valence-electron chi connectivity index (χ0n) is 9.75. The van der Waals surface area contributed by atoms with Gasteiger partial charge in [0.1, 0.15) is 11.9 Å². The number of rotatable bonds is 3. The monoisotopic (exact) mass is 311 g/mol. The molecule has 0 aliphatic carbocycles. The Morgan fingerprint density at radius 3 is 2.83 bits per heavy atom. The van der Waals surface area contributed by atoms with E-state index >= 15 is 0 Å². The number of hydrogen-bond donors (Lipinski definition) is 0. The average Bonchev–Trinajstić information content (AvgIpc) is 2.64. The SMILES string of the molecule is Cc1cc(Br)ccc1Oc1nn(C)cc1[N+](=O)[O-]. The van der Waals surface area contributed by atoms with Crippen LogP contribution in [-0.2, 0) is 7.05 Å². The third kappa shape index (κ3) is 2.51. The first-order valence-electron chi connectivity index (χ1n) is 5.09. The molecule has 0 saturated heterocycles. The topological polar surface area (TPSA) is 70.2 Å². The summed E-state index contributed by atoms with van der Waals surface area (Å²) < 4.78 is 7.75. The lowest BCUT2D eigenvalue weighted by molar-refractivity contribution is -0.385. The van der Waals surface area contributed by atoms with E-state index in [9.17, 15) is 10.1 Å². The second kappa shape index (κ2) is 4.77. The molecule has 0 aliphatic rings. The van der Waals surface area contributed by atoms with Gasteiger partial charge in [-0.05, 0) is 30.7 Å². The Balaban J connectivity index is 2.36. The van der Waals surface area contributed by atoms with Gasteiger partial charge in [0.25, 0.3) is 0 Å². The van der Waals surface area contributed by atoms with Crippen molar-refractivity contribution >= 4 is 21.6 Å². The van der Waals surface area contributed by atoms with Gasteiger partial charge in [-0.1, -0.05) is 15.9 Å². The maximum atomic E-state index is 10.8. The van der Waals surface area contributed by atoms with Crippen molar-refractivity contribution in [3.05, 3.63) is 44.5 Å². The fourth-order valence-corrected chi connectivity index (χ4v) is 1.96. The van der Waals surface area contributed by atoms with Crippen molar-refractivity contribution < 1.29 is 9.66 Å². The van der Waals surface area contributed by atoms with E-state index < -0.39 is 4.92 Å². The van der Waals surface area contributed by atoms with Crippen LogP contribution in [0.15, 0.2) is 28.9 Å². The summed E-state index contributed by atoms with van der Waals surface area (Å²) in [4.78, 5) is 10.3. The lowest BCUT2D eigenvalue weighted by atomic mass is 10.2. The van der Waals surface area contributed by atoms with Crippen LogP contribution in [0.2, 0.25) is 0 Å². The van der Waals surface area contributed by atoms with E-state index in [0.29, 0.717) is 5.75 Å². The van der Waals surface area contributed by atoms with Crippen LogP contribution in [-0.4, -0.2) is 14.7 Å². The van der Waals surface area contributed by atoms with Crippen molar-refractivity contribution in [3.63, 3.8) is 0 Å². The molecule has 0 N–H and O–H groups in total. The molecular weight excluding hydrogens is 302 g/mol. The minimum atomic E-state index is -0.517. The van der Waals surface area contributed by atoms with Gasteiger partial charge in [0.05, 0.1) is 4.92 Å². The summed E-state index contributed by atoms with van der Waals surface area (Å²) in [5.74, 6) is 0.535. The van der Waals surface area contributed by atoms with Crippen molar-refractivity contribution in [2.24, 2.45) is 7.05 Å². The highest BCUT2D eigenvalue weighted by Gasteiger charge is 2.21. The van der Waals surface area contributed by atoms with Gasteiger partial charge in [0.2, 0.25) is 0 Å². The molecule has 0 amide bonds. The van der Waals surface area contributed by atoms with Crippen molar-refractivity contribution in [1.82, 2.24) is 9.78 Å². The largest absolute Gasteiger partial charge is 0.432 e. The predicted octanol–water partition coefficient (Wildman–Crippen LogP) is 3.19. The van der Waals surface area contributed by atoms with E-state index in [0.717, 1.165) is 10.0 Å². The van der Waals surface area contributed by atoms with Gasteiger partial charge in [-0.25, -0.2) is 0 Å². The molecule has 94 valence electrons. The lowest BCUT2D eigenvalue weighted by Gasteiger charge is -2.05. The number of aromatic nitrogens is 2. The standard InChI is InChI=1S/C11H10BrN3O3/c1-7-5-8(12)3-4-10(7)18-11-9(15(16)17)6-14(2)13-11/h3-6H,1-2H3. The van der Waals surface area contributed by atoms with Crippen LogP contribution in [0.1, 0.15) is 5.56 Å². The van der Waals surface area contributed by atoms with E-state index in [-0.39, 0.29) is 11.6 Å². The fourth-order valence-electron chi connectivity index (χ4n) is 1.48. The quantitative estimate of drug-likeness (QED) is 0.644. The van der Waals surface area contributed by atoms with Gasteiger partial charge in [0, 0.05) is 11.5 Å². The van der Waals surface area contributed by atoms with Gasteiger partial charge in [-0.2, -0.15) is 0 Å². The van der Waals surface area contributed by atoms with Gasteiger partial charge in [-0.3, -0.25) is 14.8 Å². The number of nitro groups is 1. The third-order valence-electron chi connectivity index (χ3n) is 2.32. The zero-order chi connectivity index (χ0) is 13.3. The second-order valence-electron chi connectivity index (χ2n) is 3.76. The first kappa shape index (κ1) is 12.6. The molecule has 1 heterocycles. The molecule has 0 spiro atoms. The van der Waals surface area contributed by atoms with Crippen LogP contribution in [0.4, 0.5) is 5.69 Å². The normalized spacial score (nSPS) is 10.4. The maximum Gasteiger partial charge on any atom is 0.350 e. The fraction of sp³-hybridized carbons (Fsp3) is 0.182. The smallest absolute Gasteiger partial charge is 0.350 e. The van der Waals surface area contributed by atoms with Gasteiger partial charge in [-0.15, -0.1) is 5.10 Å². The minimum Gasteiger partial charge on any atom is -0.432 e. The Labute approximate surface area is 111 Å². The molecule has 1 aromatic heterocycles. The van der Waals surface area contributed by atoms with E-state index in [4.69, 9.17) is 4.74 Å². The number of aryl methyl sites for hydroxylation is 2. The van der Waals surface area contributed by atoms with Crippen molar-refractivity contribution in [2.45, 2.75) is 6.92 Å². The van der Waals surface area contributed by atoms with E-state index in [1.54, 1.807) is 19.2 Å². The van der Waals surface area contributed by atoms with Crippen LogP contribution in [0, 0.1) is 17.0 Å². The predicted molar refractivity (Wildman–Crippen MR) is 68.8 cm³/mol. The highest BCUT2D eigenvalue weighted by molar-refractivity contribution is 9.10. The summed E-state index contributed by atoms with van der Waals surface area (Å²) in [6.45, 7) is 1.86. The summed E-state index contributed by atoms with van der Waals surface area (Å²) in [7, 11) is 1.61. The first-order valence-corrected chi connectivity index (χ1v) is 5.88. The van der Waals surface area contributed by atoms with Crippen LogP contribution in [0.25, 0.3) is 0 Å². The number of benzene rings is 1. The Kier molecular flexibility index (Phi) is 3.33. The molecule has 0 atom stereocenters. The molecule has 2 aromatic rings. The van der Waals surface area contributed by atoms with Crippen LogP contribution >= 0.6 is 15.9 Å². The van der Waals surface area contributed by atoms with Crippen molar-refractivity contribution in [3.8, 4) is 11.6 Å². The van der Waals surface area contributed by atoms with Crippen LogP contribution in [0.5, 0.6) is 11.6 Å². The zero-order valence-corrected chi connectivity index (χ0v) is 11.3. The van der Waals surface area contributed by atoms with Crippen LogP contribution in [0.3, 0.4) is 0 Å². The molecule has 0 aliphatic heterocycles. The molecule has 7 heteroatoms. The maximum absolute atomic E-state index is 10.8. The highest BCUT2D eigenvalue weighted by atomic mass is 79.9. The Morgan fingerprint density at radius 2 is 2.22 bits per heavy atom. The van der Waals surface area contributed by atoms with E-state index in [1.807, 2.05) is 13.0 Å². The second-order valence-corrected chi connectivity index (χ2v) is 4.68.